The molecule has 0 atom stereocenters. The largest absolute Gasteiger partial charge is 0.339 e. The van der Waals surface area contributed by atoms with Crippen molar-refractivity contribution in [3.8, 4) is 22.5 Å². The molecule has 10 heteroatoms. The number of hydrogen-bond donors (Lipinski definition) is 2. The second-order valence-electron chi connectivity index (χ2n) is 7.33. The Hall–Kier alpha value is -3.40. The maximum Gasteiger partial charge on any atom is 0.235 e. The maximum absolute atomic E-state index is 14.9. The third-order valence-electron chi connectivity index (χ3n) is 5.11. The molecule has 158 valence electrons. The fourth-order valence-electron chi connectivity index (χ4n) is 3.36. The summed E-state index contributed by atoms with van der Waals surface area (Å²) in [6.07, 6.45) is 2.21. The lowest BCUT2D eigenvalue weighted by Gasteiger charge is -2.11. The molecule has 0 bridgehead atoms. The Morgan fingerprint density at radius 3 is 2.42 bits per heavy atom. The molecule has 2 aromatic carbocycles. The molecule has 4 aromatic rings. The van der Waals surface area contributed by atoms with Crippen LogP contribution in [0.2, 0.25) is 0 Å². The van der Waals surface area contributed by atoms with E-state index in [2.05, 4.69) is 19.7 Å². The number of benzene rings is 2. The van der Waals surface area contributed by atoms with E-state index in [0.29, 0.717) is 35.1 Å². The van der Waals surface area contributed by atoms with Gasteiger partial charge in [-0.1, -0.05) is 0 Å². The molecular weight excluding hydrogens is 429 g/mol. The molecule has 1 fully saturated rings. The van der Waals surface area contributed by atoms with Gasteiger partial charge < -0.3 is 4.98 Å². The Kier molecular flexibility index (Phi) is 4.47. The van der Waals surface area contributed by atoms with Gasteiger partial charge in [-0.25, -0.2) is 31.6 Å². The molecule has 0 aliphatic heterocycles. The summed E-state index contributed by atoms with van der Waals surface area (Å²) < 4.78 is 69.0. The van der Waals surface area contributed by atoms with Crippen LogP contribution >= 0.6 is 0 Å². The molecule has 1 aliphatic rings. The first-order valence-corrected chi connectivity index (χ1v) is 11.0. The highest BCUT2D eigenvalue weighted by Crippen LogP contribution is 2.35. The van der Waals surface area contributed by atoms with Crippen LogP contribution in [0.3, 0.4) is 0 Å². The Morgan fingerprint density at radius 1 is 0.968 bits per heavy atom. The summed E-state index contributed by atoms with van der Waals surface area (Å²) in [7, 11) is -3.74. The van der Waals surface area contributed by atoms with Gasteiger partial charge in [-0.2, -0.15) is 0 Å². The van der Waals surface area contributed by atoms with Crippen molar-refractivity contribution < 1.29 is 21.6 Å². The second kappa shape index (κ2) is 7.09. The number of nitrogens with zero attached hydrogens (tertiary/aromatic N) is 2. The van der Waals surface area contributed by atoms with E-state index in [9.17, 15) is 21.6 Å². The summed E-state index contributed by atoms with van der Waals surface area (Å²) in [5.74, 6) is -2.13. The summed E-state index contributed by atoms with van der Waals surface area (Å²) >= 11 is 0. The van der Waals surface area contributed by atoms with E-state index in [1.807, 2.05) is 0 Å². The minimum Gasteiger partial charge on any atom is -0.339 e. The van der Waals surface area contributed by atoms with E-state index in [1.165, 1.54) is 18.5 Å². The first-order chi connectivity index (χ1) is 14.8. The normalized spacial score (nSPS) is 14.2. The van der Waals surface area contributed by atoms with Gasteiger partial charge in [0.15, 0.2) is 0 Å². The Labute approximate surface area is 175 Å². The number of aromatic amines is 1. The molecule has 5 rings (SSSR count). The van der Waals surface area contributed by atoms with Crippen LogP contribution in [0.4, 0.5) is 18.9 Å². The second-order valence-corrected chi connectivity index (χ2v) is 9.29. The van der Waals surface area contributed by atoms with Crippen molar-refractivity contribution in [2.45, 2.75) is 18.1 Å². The molecule has 0 saturated heterocycles. The summed E-state index contributed by atoms with van der Waals surface area (Å²) in [5.41, 5.74) is 1.24. The van der Waals surface area contributed by atoms with E-state index in [4.69, 9.17) is 0 Å². The van der Waals surface area contributed by atoms with E-state index < -0.39 is 32.6 Å². The van der Waals surface area contributed by atoms with Crippen LogP contribution in [-0.2, 0) is 10.0 Å². The Balaban J connectivity index is 1.57. The number of H-pyrrole nitrogens is 1. The van der Waals surface area contributed by atoms with Crippen molar-refractivity contribution in [2.24, 2.45) is 0 Å². The van der Waals surface area contributed by atoms with Crippen LogP contribution in [0, 0.1) is 17.5 Å². The zero-order valence-electron chi connectivity index (χ0n) is 15.9. The topological polar surface area (TPSA) is 87.7 Å². The minimum absolute atomic E-state index is 0.135. The van der Waals surface area contributed by atoms with Crippen molar-refractivity contribution in [2.75, 3.05) is 4.72 Å². The van der Waals surface area contributed by atoms with Crippen molar-refractivity contribution in [3.05, 3.63) is 66.2 Å². The van der Waals surface area contributed by atoms with Gasteiger partial charge in [0.05, 0.1) is 16.6 Å². The lowest BCUT2D eigenvalue weighted by atomic mass is 10.1. The van der Waals surface area contributed by atoms with E-state index in [-0.39, 0.29) is 17.1 Å². The number of sulfonamides is 1. The van der Waals surface area contributed by atoms with Crippen molar-refractivity contribution >= 4 is 26.7 Å². The van der Waals surface area contributed by atoms with Crippen LogP contribution in [0.1, 0.15) is 12.8 Å². The van der Waals surface area contributed by atoms with Gasteiger partial charge in [0.25, 0.3) is 0 Å². The van der Waals surface area contributed by atoms with Crippen LogP contribution in [-0.4, -0.2) is 28.6 Å². The molecule has 0 amide bonds. The average Bonchev–Trinajstić information content (AvgIpc) is 3.51. The SMILES string of the molecule is O=S(=O)(Nc1cc(F)c(-c2ncnc3[nH]c(-c4ccc(F)cc4)cc23)cc1F)C1CC1. The van der Waals surface area contributed by atoms with Gasteiger partial charge in [0, 0.05) is 22.7 Å². The number of nitrogens with one attached hydrogen (secondary N) is 2. The van der Waals surface area contributed by atoms with E-state index >= 15 is 0 Å². The number of halogens is 3. The first kappa shape index (κ1) is 19.6. The van der Waals surface area contributed by atoms with Gasteiger partial charge in [-0.05, 0) is 54.8 Å². The lowest BCUT2D eigenvalue weighted by molar-refractivity contribution is 0.594. The molecule has 0 spiro atoms. The molecule has 2 aromatic heterocycles. The Bertz CT molecular complexity index is 1410. The third kappa shape index (κ3) is 3.63. The number of fused-ring (bicyclic) bond motifs is 1. The highest BCUT2D eigenvalue weighted by molar-refractivity contribution is 7.93. The molecule has 2 N–H and O–H groups in total. The molecular formula is C21H15F3N4O2S. The number of aromatic nitrogens is 3. The number of rotatable bonds is 5. The van der Waals surface area contributed by atoms with Gasteiger partial charge in [-0.15, -0.1) is 0 Å². The predicted octanol–water partition coefficient (Wildman–Crippen LogP) is 4.61. The smallest absolute Gasteiger partial charge is 0.235 e. The summed E-state index contributed by atoms with van der Waals surface area (Å²) in [5, 5.41) is -0.132. The minimum atomic E-state index is -3.74. The third-order valence-corrected chi connectivity index (χ3v) is 6.96. The fourth-order valence-corrected chi connectivity index (χ4v) is 4.75. The van der Waals surface area contributed by atoms with Gasteiger partial charge in [-0.3, -0.25) is 4.72 Å². The van der Waals surface area contributed by atoms with Crippen LogP contribution in [0.5, 0.6) is 0 Å². The van der Waals surface area contributed by atoms with E-state index in [0.717, 1.165) is 12.1 Å². The molecule has 0 unspecified atom stereocenters. The summed E-state index contributed by atoms with van der Waals surface area (Å²) in [6.45, 7) is 0. The summed E-state index contributed by atoms with van der Waals surface area (Å²) in [6, 6.07) is 9.16. The van der Waals surface area contributed by atoms with Gasteiger partial charge in [0.1, 0.15) is 29.4 Å². The zero-order chi connectivity index (χ0) is 21.8. The molecule has 31 heavy (non-hydrogen) atoms. The maximum atomic E-state index is 14.9. The van der Waals surface area contributed by atoms with Gasteiger partial charge >= 0.3 is 0 Å². The van der Waals surface area contributed by atoms with Crippen LogP contribution < -0.4 is 4.72 Å². The van der Waals surface area contributed by atoms with Crippen molar-refractivity contribution in [1.29, 1.82) is 0 Å². The number of anilines is 1. The molecule has 1 saturated carbocycles. The van der Waals surface area contributed by atoms with Crippen LogP contribution in [0.25, 0.3) is 33.5 Å². The Morgan fingerprint density at radius 2 is 1.71 bits per heavy atom. The summed E-state index contributed by atoms with van der Waals surface area (Å²) in [4.78, 5) is 11.3. The molecule has 2 heterocycles. The first-order valence-electron chi connectivity index (χ1n) is 9.42. The lowest BCUT2D eigenvalue weighted by Crippen LogP contribution is -2.18. The van der Waals surface area contributed by atoms with Crippen LogP contribution in [0.15, 0.2) is 48.8 Å². The standard InChI is InChI=1S/C21H15F3N4O2S/c22-12-3-1-11(2-4-12)18-8-15-20(25-10-26-21(15)27-18)14-7-17(24)19(9-16(14)23)28-31(29,30)13-5-6-13/h1-4,7-10,13,28H,5-6H2,(H,25,26,27). The van der Waals surface area contributed by atoms with Crippen molar-refractivity contribution in [3.63, 3.8) is 0 Å². The van der Waals surface area contributed by atoms with Gasteiger partial charge in [0.2, 0.25) is 10.0 Å². The molecule has 1 aliphatic carbocycles. The zero-order valence-corrected chi connectivity index (χ0v) is 16.7. The molecule has 0 radical (unpaired) electrons. The monoisotopic (exact) mass is 444 g/mol. The average molecular weight is 444 g/mol. The highest BCUT2D eigenvalue weighted by Gasteiger charge is 2.36. The predicted molar refractivity (Wildman–Crippen MR) is 110 cm³/mol. The fraction of sp³-hybridized carbons (Fsp3) is 0.143. The highest BCUT2D eigenvalue weighted by atomic mass is 32.2. The number of hydrogen-bond acceptors (Lipinski definition) is 4. The molecule has 6 nitrogen and oxygen atoms in total. The van der Waals surface area contributed by atoms with Crippen molar-refractivity contribution in [1.82, 2.24) is 15.0 Å². The van der Waals surface area contributed by atoms with E-state index in [1.54, 1.807) is 18.2 Å². The quantitative estimate of drug-likeness (QED) is 0.471.